The lowest BCUT2D eigenvalue weighted by Crippen LogP contribution is -2.46. The Labute approximate surface area is 153 Å². The molecule has 3 N–H and O–H groups in total. The number of sulfonamides is 1. The topological polar surface area (TPSA) is 99.8 Å². The Balaban J connectivity index is 1.51. The first-order valence-electron chi connectivity index (χ1n) is 9.02. The minimum Gasteiger partial charge on any atom is -0.487 e. The Hall–Kier alpha value is -1.68. The largest absolute Gasteiger partial charge is 0.487 e. The molecule has 9 heteroatoms. The number of benzene rings is 1. The van der Waals surface area contributed by atoms with E-state index in [2.05, 4.69) is 15.6 Å². The van der Waals surface area contributed by atoms with Gasteiger partial charge in [-0.15, -0.1) is 0 Å². The summed E-state index contributed by atoms with van der Waals surface area (Å²) in [6.07, 6.45) is 1.57. The van der Waals surface area contributed by atoms with Crippen molar-refractivity contribution in [2.24, 2.45) is 0 Å². The van der Waals surface area contributed by atoms with Gasteiger partial charge in [-0.25, -0.2) is 18.6 Å². The van der Waals surface area contributed by atoms with E-state index in [1.54, 1.807) is 24.3 Å². The zero-order chi connectivity index (χ0) is 18.3. The number of ether oxygens (including phenoxy) is 1. The van der Waals surface area contributed by atoms with Crippen molar-refractivity contribution in [1.82, 2.24) is 20.5 Å². The third-order valence-electron chi connectivity index (χ3n) is 5.27. The van der Waals surface area contributed by atoms with Crippen LogP contribution in [-0.2, 0) is 14.8 Å². The van der Waals surface area contributed by atoms with Gasteiger partial charge in [-0.3, -0.25) is 10.2 Å². The van der Waals surface area contributed by atoms with Crippen molar-refractivity contribution in [3.8, 4) is 5.75 Å². The molecule has 0 bridgehead atoms. The second-order valence-electron chi connectivity index (χ2n) is 7.21. The first-order chi connectivity index (χ1) is 12.4. The van der Waals surface area contributed by atoms with E-state index in [4.69, 9.17) is 4.74 Å². The van der Waals surface area contributed by atoms with E-state index < -0.39 is 10.0 Å². The molecule has 1 amide bonds. The summed E-state index contributed by atoms with van der Waals surface area (Å²) < 4.78 is 34.1. The molecule has 4 rings (SSSR count). The highest BCUT2D eigenvalue weighted by Gasteiger charge is 2.38. The van der Waals surface area contributed by atoms with Crippen LogP contribution >= 0.6 is 0 Å². The second kappa shape index (κ2) is 6.80. The predicted molar refractivity (Wildman–Crippen MR) is 94.9 cm³/mol. The van der Waals surface area contributed by atoms with E-state index >= 15 is 0 Å². The number of fused-ring (bicyclic) bond motifs is 2. The van der Waals surface area contributed by atoms with Gasteiger partial charge in [-0.05, 0) is 31.9 Å². The van der Waals surface area contributed by atoms with Crippen molar-refractivity contribution in [1.29, 1.82) is 0 Å². The van der Waals surface area contributed by atoms with Crippen molar-refractivity contribution in [2.45, 2.75) is 55.3 Å². The Morgan fingerprint density at radius 2 is 1.96 bits per heavy atom. The molecular weight excluding hydrogens is 356 g/mol. The smallest absolute Gasteiger partial charge is 0.244 e. The van der Waals surface area contributed by atoms with E-state index in [0.29, 0.717) is 31.7 Å². The average Bonchev–Trinajstić information content (AvgIpc) is 2.90. The number of carbonyl (C=O) groups excluding carboxylic acids is 1. The summed E-state index contributed by atoms with van der Waals surface area (Å²) in [7, 11) is -3.63. The lowest BCUT2D eigenvalue weighted by molar-refractivity contribution is -0.133. The van der Waals surface area contributed by atoms with Crippen LogP contribution in [0.2, 0.25) is 0 Å². The van der Waals surface area contributed by atoms with Gasteiger partial charge in [0.25, 0.3) is 0 Å². The maximum Gasteiger partial charge on any atom is 0.244 e. The Kier molecular flexibility index (Phi) is 4.64. The van der Waals surface area contributed by atoms with Crippen molar-refractivity contribution in [3.63, 3.8) is 0 Å². The van der Waals surface area contributed by atoms with Crippen LogP contribution < -0.4 is 20.3 Å². The lowest BCUT2D eigenvalue weighted by Gasteiger charge is -2.24. The Bertz CT molecular complexity index is 800. The maximum atomic E-state index is 12.7. The molecule has 8 nitrogen and oxygen atoms in total. The van der Waals surface area contributed by atoms with Crippen LogP contribution in [-0.4, -0.2) is 56.5 Å². The number of likely N-dealkylation sites (tertiary alicyclic amines) is 1. The zero-order valence-electron chi connectivity index (χ0n) is 14.6. The molecule has 0 aromatic heterocycles. The predicted octanol–water partition coefficient (Wildman–Crippen LogP) is -0.0281. The quantitative estimate of drug-likeness (QED) is 0.633. The van der Waals surface area contributed by atoms with E-state index in [1.165, 1.54) is 0 Å². The van der Waals surface area contributed by atoms with Gasteiger partial charge < -0.3 is 9.64 Å². The summed E-state index contributed by atoms with van der Waals surface area (Å²) in [5.74, 6) is 0.435. The van der Waals surface area contributed by atoms with Gasteiger partial charge in [0.15, 0.2) is 0 Å². The van der Waals surface area contributed by atoms with E-state index in [1.807, 2.05) is 11.8 Å². The van der Waals surface area contributed by atoms with Crippen LogP contribution in [0, 0.1) is 0 Å². The molecule has 3 aliphatic rings. The molecule has 0 aliphatic carbocycles. The number of rotatable bonds is 1. The highest BCUT2D eigenvalue weighted by atomic mass is 32.2. The monoisotopic (exact) mass is 380 g/mol. The zero-order valence-corrected chi connectivity index (χ0v) is 15.5. The molecule has 4 atom stereocenters. The van der Waals surface area contributed by atoms with Crippen LogP contribution in [0.15, 0.2) is 29.2 Å². The number of nitrogens with one attached hydrogen (secondary N) is 3. The SMILES string of the molecule is CC1CC(C(=O)N2CC[C@@H]3NS(=O)(=O)c4ccccc4O[C@H]3CC2)NN1. The number of hydrogen-bond donors (Lipinski definition) is 3. The number of nitrogens with zero attached hydrogens (tertiary/aromatic N) is 1. The van der Waals surface area contributed by atoms with Crippen LogP contribution in [0.3, 0.4) is 0 Å². The molecule has 26 heavy (non-hydrogen) atoms. The van der Waals surface area contributed by atoms with Crippen LogP contribution in [0.5, 0.6) is 5.75 Å². The minimum atomic E-state index is -3.63. The highest BCUT2D eigenvalue weighted by Crippen LogP contribution is 2.31. The molecule has 2 unspecified atom stereocenters. The number of amides is 1. The third-order valence-corrected chi connectivity index (χ3v) is 6.80. The second-order valence-corrected chi connectivity index (χ2v) is 8.89. The molecule has 2 saturated heterocycles. The fraction of sp³-hybridized carbons (Fsp3) is 0.588. The summed E-state index contributed by atoms with van der Waals surface area (Å²) in [6.45, 7) is 3.09. The van der Waals surface area contributed by atoms with Gasteiger partial charge in [0.05, 0.1) is 6.04 Å². The van der Waals surface area contributed by atoms with Gasteiger partial charge in [0, 0.05) is 25.6 Å². The fourth-order valence-corrected chi connectivity index (χ4v) is 5.30. The standard InChI is InChI=1S/C17H24N4O4S/c1-11-10-13(19-18-11)17(22)21-8-6-12-14(7-9-21)25-15-4-2-3-5-16(15)26(23,24)20-12/h2-5,11-14,18-20H,6-10H2,1H3/t11?,12-,13?,14-/m0/s1. The molecule has 3 aliphatic heterocycles. The molecule has 1 aromatic carbocycles. The van der Waals surface area contributed by atoms with Crippen LogP contribution in [0.1, 0.15) is 26.2 Å². The summed E-state index contributed by atoms with van der Waals surface area (Å²) in [6, 6.07) is 6.37. The number of hydrazine groups is 1. The van der Waals surface area contributed by atoms with Crippen LogP contribution in [0.4, 0.5) is 0 Å². The van der Waals surface area contributed by atoms with Crippen molar-refractivity contribution < 1.29 is 17.9 Å². The summed E-state index contributed by atoms with van der Waals surface area (Å²) in [4.78, 5) is 14.7. The maximum absolute atomic E-state index is 12.7. The van der Waals surface area contributed by atoms with Gasteiger partial charge in [0.1, 0.15) is 22.8 Å². The van der Waals surface area contributed by atoms with Crippen molar-refractivity contribution in [2.75, 3.05) is 13.1 Å². The first-order valence-corrected chi connectivity index (χ1v) is 10.5. The molecule has 0 radical (unpaired) electrons. The Morgan fingerprint density at radius 1 is 1.19 bits per heavy atom. The van der Waals surface area contributed by atoms with Gasteiger partial charge >= 0.3 is 0 Å². The first kappa shape index (κ1) is 17.7. The van der Waals surface area contributed by atoms with Crippen molar-refractivity contribution in [3.05, 3.63) is 24.3 Å². The average molecular weight is 380 g/mol. The fourth-order valence-electron chi connectivity index (χ4n) is 3.87. The third kappa shape index (κ3) is 3.32. The minimum absolute atomic E-state index is 0.0570. The Morgan fingerprint density at radius 3 is 2.73 bits per heavy atom. The molecular formula is C17H24N4O4S. The number of hydrogen-bond acceptors (Lipinski definition) is 6. The van der Waals surface area contributed by atoms with E-state index in [9.17, 15) is 13.2 Å². The summed E-state index contributed by atoms with van der Waals surface area (Å²) in [5, 5.41) is 0. The van der Waals surface area contributed by atoms with Crippen LogP contribution in [0.25, 0.3) is 0 Å². The number of carbonyl (C=O) groups is 1. The molecule has 0 saturated carbocycles. The normalized spacial score (nSPS) is 33.3. The van der Waals surface area contributed by atoms with E-state index in [-0.39, 0.29) is 35.0 Å². The molecule has 0 spiro atoms. The van der Waals surface area contributed by atoms with E-state index in [0.717, 1.165) is 6.42 Å². The molecule has 2 fully saturated rings. The molecule has 3 heterocycles. The summed E-state index contributed by atoms with van der Waals surface area (Å²) >= 11 is 0. The van der Waals surface area contributed by atoms with Gasteiger partial charge in [0.2, 0.25) is 15.9 Å². The number of para-hydroxylation sites is 1. The van der Waals surface area contributed by atoms with Gasteiger partial charge in [-0.2, -0.15) is 0 Å². The highest BCUT2D eigenvalue weighted by molar-refractivity contribution is 7.89. The lowest BCUT2D eigenvalue weighted by atomic mass is 10.1. The molecule has 142 valence electrons. The van der Waals surface area contributed by atoms with Gasteiger partial charge in [-0.1, -0.05) is 12.1 Å². The summed E-state index contributed by atoms with van der Waals surface area (Å²) in [5.41, 5.74) is 6.11. The van der Waals surface area contributed by atoms with Crippen molar-refractivity contribution >= 4 is 15.9 Å². The molecule has 1 aromatic rings.